The fourth-order valence-corrected chi connectivity index (χ4v) is 4.77. The van der Waals surface area contributed by atoms with Crippen molar-refractivity contribution in [3.05, 3.63) is 5.16 Å². The zero-order valence-electron chi connectivity index (χ0n) is 6.71. The lowest BCUT2D eigenvalue weighted by molar-refractivity contribution is 1.46. The van der Waals surface area contributed by atoms with Crippen molar-refractivity contribution < 1.29 is 0 Å². The van der Waals surface area contributed by atoms with Gasteiger partial charge in [-0.1, -0.05) is 33.1 Å². The van der Waals surface area contributed by atoms with E-state index >= 15 is 0 Å². The molecule has 49 valence electrons. The standard InChI is InChI=1S/C6H17Si2/c1-6(7-2)8(3,4)5/h7H2,1-5H3. The molecule has 0 atom stereocenters. The van der Waals surface area contributed by atoms with Crippen LogP contribution in [0.5, 0.6) is 0 Å². The van der Waals surface area contributed by atoms with Crippen LogP contribution in [0, 0.1) is 5.16 Å². The second kappa shape index (κ2) is 2.83. The van der Waals surface area contributed by atoms with Crippen LogP contribution in [0.2, 0.25) is 26.2 Å². The van der Waals surface area contributed by atoms with Crippen LogP contribution in [0.4, 0.5) is 0 Å². The van der Waals surface area contributed by atoms with Crippen LogP contribution in [-0.4, -0.2) is 17.6 Å². The average Bonchev–Trinajstić information content (AvgIpc) is 1.62. The van der Waals surface area contributed by atoms with Gasteiger partial charge in [0, 0.05) is 17.6 Å². The maximum absolute atomic E-state index is 2.43. The normalized spacial score (nSPS) is 14.2. The Hall–Kier alpha value is 0.434. The van der Waals surface area contributed by atoms with Gasteiger partial charge in [-0.15, -0.1) is 0 Å². The molecule has 0 N–H and O–H groups in total. The summed E-state index contributed by atoms with van der Waals surface area (Å²) in [4.78, 5) is 0. The highest BCUT2D eigenvalue weighted by atomic mass is 28.4. The van der Waals surface area contributed by atoms with Crippen molar-refractivity contribution in [1.29, 1.82) is 0 Å². The van der Waals surface area contributed by atoms with Crippen LogP contribution in [0.1, 0.15) is 6.92 Å². The lowest BCUT2D eigenvalue weighted by Crippen LogP contribution is -2.31. The zero-order chi connectivity index (χ0) is 6.78. The van der Waals surface area contributed by atoms with Crippen LogP contribution in [-0.2, 0) is 0 Å². The molecule has 0 aliphatic heterocycles. The first-order chi connectivity index (χ1) is 3.48. The van der Waals surface area contributed by atoms with Gasteiger partial charge in [-0.25, -0.2) is 0 Å². The molecule has 1 radical (unpaired) electrons. The Labute approximate surface area is 56.5 Å². The summed E-state index contributed by atoms with van der Waals surface area (Å²) in [6.07, 6.45) is 0. The number of hydrogen-bond acceptors (Lipinski definition) is 0. The van der Waals surface area contributed by atoms with Gasteiger partial charge < -0.3 is 0 Å². The fourth-order valence-electron chi connectivity index (χ4n) is 0.530. The monoisotopic (exact) mass is 145 g/mol. The van der Waals surface area contributed by atoms with E-state index < -0.39 is 8.07 Å². The minimum atomic E-state index is -0.782. The van der Waals surface area contributed by atoms with Crippen LogP contribution in [0.25, 0.3) is 0 Å². The fraction of sp³-hybridized carbons (Fsp3) is 0.833. The van der Waals surface area contributed by atoms with Gasteiger partial charge in [-0.2, -0.15) is 0 Å². The van der Waals surface area contributed by atoms with E-state index in [1.54, 1.807) is 0 Å². The van der Waals surface area contributed by atoms with Crippen molar-refractivity contribution in [2.24, 2.45) is 0 Å². The Bertz CT molecular complexity index is 63.4. The minimum Gasteiger partial charge on any atom is -0.0746 e. The predicted octanol–water partition coefficient (Wildman–Crippen LogP) is 1.63. The Morgan fingerprint density at radius 1 is 1.25 bits per heavy atom. The van der Waals surface area contributed by atoms with E-state index in [2.05, 4.69) is 33.1 Å². The van der Waals surface area contributed by atoms with E-state index in [9.17, 15) is 0 Å². The van der Waals surface area contributed by atoms with Gasteiger partial charge in [-0.3, -0.25) is 0 Å². The molecule has 0 amide bonds. The molecule has 0 fully saturated rings. The van der Waals surface area contributed by atoms with Gasteiger partial charge in [-0.05, 0) is 5.16 Å². The molecular weight excluding hydrogens is 128 g/mol. The molecule has 0 saturated carbocycles. The maximum Gasteiger partial charge on any atom is 0.0469 e. The summed E-state index contributed by atoms with van der Waals surface area (Å²) in [7, 11) is -0.570. The van der Waals surface area contributed by atoms with Gasteiger partial charge in [0.05, 0.1) is 0 Å². The SMILES string of the molecule is C[SiH2][C](C)[Si](C)(C)C. The quantitative estimate of drug-likeness (QED) is 0.518. The van der Waals surface area contributed by atoms with Crippen molar-refractivity contribution in [2.45, 2.75) is 33.1 Å². The van der Waals surface area contributed by atoms with E-state index in [4.69, 9.17) is 0 Å². The summed E-state index contributed by atoms with van der Waals surface area (Å²) in [6.45, 7) is 12.0. The third-order valence-electron chi connectivity index (χ3n) is 1.81. The maximum atomic E-state index is 2.43. The number of hydrogen-bond donors (Lipinski definition) is 0. The second-order valence-electron chi connectivity index (χ2n) is 3.38. The molecule has 0 heterocycles. The Morgan fingerprint density at radius 2 is 1.62 bits per heavy atom. The average molecular weight is 145 g/mol. The molecule has 0 bridgehead atoms. The summed E-state index contributed by atoms with van der Waals surface area (Å²) in [5.74, 6) is 0. The van der Waals surface area contributed by atoms with E-state index in [1.165, 1.54) is 0 Å². The summed E-state index contributed by atoms with van der Waals surface area (Å²) in [5, 5.41) is 1.86. The largest absolute Gasteiger partial charge is 0.0746 e. The van der Waals surface area contributed by atoms with Crippen molar-refractivity contribution in [1.82, 2.24) is 0 Å². The first-order valence-corrected chi connectivity index (χ1v) is 8.93. The van der Waals surface area contributed by atoms with E-state index in [0.29, 0.717) is 0 Å². The molecule has 0 nitrogen and oxygen atoms in total. The van der Waals surface area contributed by atoms with Gasteiger partial charge in [0.2, 0.25) is 0 Å². The van der Waals surface area contributed by atoms with Crippen LogP contribution < -0.4 is 0 Å². The van der Waals surface area contributed by atoms with Crippen molar-refractivity contribution in [3.8, 4) is 0 Å². The van der Waals surface area contributed by atoms with Crippen molar-refractivity contribution in [2.75, 3.05) is 0 Å². The van der Waals surface area contributed by atoms with Crippen molar-refractivity contribution in [3.63, 3.8) is 0 Å². The molecule has 0 rings (SSSR count). The number of rotatable bonds is 2. The molecule has 0 unspecified atom stereocenters. The highest BCUT2D eigenvalue weighted by Crippen LogP contribution is 2.14. The molecule has 2 heteroatoms. The molecule has 0 saturated heterocycles. The zero-order valence-corrected chi connectivity index (χ0v) is 9.12. The van der Waals surface area contributed by atoms with E-state index in [-0.39, 0.29) is 9.52 Å². The van der Waals surface area contributed by atoms with Gasteiger partial charge in [0.1, 0.15) is 0 Å². The molecule has 0 aliphatic rings. The van der Waals surface area contributed by atoms with E-state index in [1.807, 2.05) is 5.16 Å². The minimum absolute atomic E-state index is 0.213. The van der Waals surface area contributed by atoms with Crippen LogP contribution in [0.15, 0.2) is 0 Å². The Morgan fingerprint density at radius 3 is 1.62 bits per heavy atom. The molecule has 0 aromatic heterocycles. The predicted molar refractivity (Wildman–Crippen MR) is 46.7 cm³/mol. The smallest absolute Gasteiger partial charge is 0.0469 e. The Kier molecular flexibility index (Phi) is 2.98. The lowest BCUT2D eigenvalue weighted by atomic mass is 10.9. The third kappa shape index (κ3) is 2.67. The van der Waals surface area contributed by atoms with Crippen molar-refractivity contribution >= 4 is 17.6 Å². The molecule has 0 spiro atoms. The molecular formula is C6H17Si2. The molecule has 0 aromatic rings. The Balaban J connectivity index is 3.62. The summed E-state index contributed by atoms with van der Waals surface area (Å²) in [5.41, 5.74) is 0. The molecule has 8 heavy (non-hydrogen) atoms. The lowest BCUT2D eigenvalue weighted by Gasteiger charge is -2.22. The second-order valence-corrected chi connectivity index (χ2v) is 11.2. The summed E-state index contributed by atoms with van der Waals surface area (Å²) in [6, 6.07) is 0. The topological polar surface area (TPSA) is 0 Å². The third-order valence-corrected chi connectivity index (χ3v) is 9.67. The van der Waals surface area contributed by atoms with E-state index in [0.717, 1.165) is 0 Å². The highest BCUT2D eigenvalue weighted by molar-refractivity contribution is 6.90. The van der Waals surface area contributed by atoms with Crippen LogP contribution >= 0.6 is 0 Å². The summed E-state index contributed by atoms with van der Waals surface area (Å²) >= 11 is 0. The van der Waals surface area contributed by atoms with Gasteiger partial charge in [0.25, 0.3) is 0 Å². The highest BCUT2D eigenvalue weighted by Gasteiger charge is 2.20. The molecule has 0 aliphatic carbocycles. The van der Waals surface area contributed by atoms with Crippen LogP contribution in [0.3, 0.4) is 0 Å². The first kappa shape index (κ1) is 8.43. The van der Waals surface area contributed by atoms with Gasteiger partial charge in [0.15, 0.2) is 0 Å². The first-order valence-electron chi connectivity index (χ1n) is 3.31. The summed E-state index contributed by atoms with van der Waals surface area (Å²) < 4.78 is 0. The molecule has 0 aromatic carbocycles. The van der Waals surface area contributed by atoms with Gasteiger partial charge >= 0.3 is 0 Å².